The fourth-order valence-corrected chi connectivity index (χ4v) is 1.35. The Hall–Kier alpha value is -1.13. The lowest BCUT2D eigenvalue weighted by atomic mass is 10.2. The summed E-state index contributed by atoms with van der Waals surface area (Å²) in [7, 11) is 0. The van der Waals surface area contributed by atoms with Gasteiger partial charge in [-0.2, -0.15) is 0 Å². The van der Waals surface area contributed by atoms with Crippen LogP contribution < -0.4 is 5.32 Å². The third-order valence-corrected chi connectivity index (χ3v) is 1.94. The summed E-state index contributed by atoms with van der Waals surface area (Å²) in [6.45, 7) is 3.58. The van der Waals surface area contributed by atoms with Crippen molar-refractivity contribution in [2.75, 3.05) is 6.54 Å². The Balaban J connectivity index is 2.73. The number of hydrogen-bond acceptors (Lipinski definition) is 3. The number of carbonyl (C=O) groups excluding carboxylic acids is 1. The molecule has 5 heteroatoms. The van der Waals surface area contributed by atoms with Crippen molar-refractivity contribution in [3.8, 4) is 0 Å². The van der Waals surface area contributed by atoms with E-state index in [0.29, 0.717) is 11.3 Å². The first-order valence-electron chi connectivity index (χ1n) is 4.59. The molecule has 0 saturated heterocycles. The standard InChI is InChI=1S/C10H13ClN2O2/c1-6-3-8(4-9(11)13-6)10(15)12-5-7(2)14/h3-4,7,14H,5H2,1-2H3,(H,12,15). The quantitative estimate of drug-likeness (QED) is 0.763. The van der Waals surface area contributed by atoms with Crippen LogP contribution >= 0.6 is 11.6 Å². The zero-order chi connectivity index (χ0) is 11.4. The second kappa shape index (κ2) is 5.09. The van der Waals surface area contributed by atoms with Crippen molar-refractivity contribution in [2.45, 2.75) is 20.0 Å². The van der Waals surface area contributed by atoms with Crippen LogP contribution in [0.25, 0.3) is 0 Å². The first-order valence-corrected chi connectivity index (χ1v) is 4.97. The van der Waals surface area contributed by atoms with E-state index in [-0.39, 0.29) is 17.6 Å². The molecule has 15 heavy (non-hydrogen) atoms. The van der Waals surface area contributed by atoms with E-state index in [9.17, 15) is 4.79 Å². The lowest BCUT2D eigenvalue weighted by molar-refractivity contribution is 0.0924. The topological polar surface area (TPSA) is 62.2 Å². The van der Waals surface area contributed by atoms with E-state index in [0.717, 1.165) is 0 Å². The molecule has 1 rings (SSSR count). The van der Waals surface area contributed by atoms with Gasteiger partial charge in [-0.05, 0) is 26.0 Å². The summed E-state index contributed by atoms with van der Waals surface area (Å²) < 4.78 is 0. The number of pyridine rings is 1. The van der Waals surface area contributed by atoms with Crippen LogP contribution in [0.5, 0.6) is 0 Å². The first kappa shape index (κ1) is 11.9. The third kappa shape index (κ3) is 3.85. The normalized spacial score (nSPS) is 12.3. The molecule has 0 bridgehead atoms. The molecule has 0 fully saturated rings. The Morgan fingerprint density at radius 2 is 2.33 bits per heavy atom. The van der Waals surface area contributed by atoms with Crippen molar-refractivity contribution in [1.82, 2.24) is 10.3 Å². The van der Waals surface area contributed by atoms with Gasteiger partial charge in [-0.25, -0.2) is 4.98 Å². The molecular weight excluding hydrogens is 216 g/mol. The van der Waals surface area contributed by atoms with Gasteiger partial charge < -0.3 is 10.4 Å². The van der Waals surface area contributed by atoms with Crippen LogP contribution in [0.4, 0.5) is 0 Å². The zero-order valence-corrected chi connectivity index (χ0v) is 9.38. The summed E-state index contributed by atoms with van der Waals surface area (Å²) >= 11 is 5.72. The Kier molecular flexibility index (Phi) is 4.05. The zero-order valence-electron chi connectivity index (χ0n) is 8.62. The molecule has 4 nitrogen and oxygen atoms in total. The van der Waals surface area contributed by atoms with Gasteiger partial charge in [-0.3, -0.25) is 4.79 Å². The number of carbonyl (C=O) groups is 1. The van der Waals surface area contributed by atoms with Gasteiger partial charge in [0.2, 0.25) is 0 Å². The fourth-order valence-electron chi connectivity index (χ4n) is 1.10. The van der Waals surface area contributed by atoms with Crippen molar-refractivity contribution in [3.05, 3.63) is 28.5 Å². The predicted octanol–water partition coefficient (Wildman–Crippen LogP) is 1.15. The molecule has 1 aromatic rings. The van der Waals surface area contributed by atoms with Gasteiger partial charge in [0, 0.05) is 17.8 Å². The molecule has 2 N–H and O–H groups in total. The van der Waals surface area contributed by atoms with E-state index in [4.69, 9.17) is 16.7 Å². The Morgan fingerprint density at radius 1 is 1.67 bits per heavy atom. The molecule has 0 spiro atoms. The molecule has 82 valence electrons. The highest BCUT2D eigenvalue weighted by molar-refractivity contribution is 6.29. The van der Waals surface area contributed by atoms with Crippen LogP contribution in [0, 0.1) is 6.92 Å². The summed E-state index contributed by atoms with van der Waals surface area (Å²) in [5.74, 6) is -0.261. The minimum absolute atomic E-state index is 0.220. The maximum Gasteiger partial charge on any atom is 0.251 e. The molecule has 0 saturated carbocycles. The van der Waals surface area contributed by atoms with E-state index >= 15 is 0 Å². The minimum Gasteiger partial charge on any atom is -0.392 e. The highest BCUT2D eigenvalue weighted by Crippen LogP contribution is 2.10. The van der Waals surface area contributed by atoms with Gasteiger partial charge in [0.15, 0.2) is 0 Å². The molecule has 1 atom stereocenters. The largest absolute Gasteiger partial charge is 0.392 e. The molecule has 0 aliphatic carbocycles. The molecular formula is C10H13ClN2O2. The SMILES string of the molecule is Cc1cc(C(=O)NCC(C)O)cc(Cl)n1. The third-order valence-electron chi connectivity index (χ3n) is 1.74. The number of aryl methyl sites for hydroxylation is 1. The van der Waals surface area contributed by atoms with Gasteiger partial charge in [0.25, 0.3) is 5.91 Å². The van der Waals surface area contributed by atoms with Crippen molar-refractivity contribution >= 4 is 17.5 Å². The Labute approximate surface area is 93.3 Å². The van der Waals surface area contributed by atoms with Crippen LogP contribution in [-0.2, 0) is 0 Å². The molecule has 0 aromatic carbocycles. The van der Waals surface area contributed by atoms with Gasteiger partial charge in [-0.1, -0.05) is 11.6 Å². The second-order valence-electron chi connectivity index (χ2n) is 3.38. The Bertz CT molecular complexity index is 346. The van der Waals surface area contributed by atoms with Crippen LogP contribution in [0.2, 0.25) is 5.15 Å². The van der Waals surface area contributed by atoms with Crippen LogP contribution in [0.3, 0.4) is 0 Å². The van der Waals surface area contributed by atoms with Gasteiger partial charge >= 0.3 is 0 Å². The van der Waals surface area contributed by atoms with Crippen molar-refractivity contribution in [1.29, 1.82) is 0 Å². The minimum atomic E-state index is -0.563. The predicted molar refractivity (Wildman–Crippen MR) is 58.0 cm³/mol. The number of rotatable bonds is 3. The number of amides is 1. The fraction of sp³-hybridized carbons (Fsp3) is 0.400. The second-order valence-corrected chi connectivity index (χ2v) is 3.77. The summed E-state index contributed by atoms with van der Waals surface area (Å²) in [4.78, 5) is 15.5. The van der Waals surface area contributed by atoms with Crippen LogP contribution in [-0.4, -0.2) is 28.6 Å². The van der Waals surface area contributed by atoms with Crippen molar-refractivity contribution in [3.63, 3.8) is 0 Å². The summed E-state index contributed by atoms with van der Waals surface area (Å²) in [5.41, 5.74) is 1.14. The number of aromatic nitrogens is 1. The summed E-state index contributed by atoms with van der Waals surface area (Å²) in [6.07, 6.45) is -0.563. The smallest absolute Gasteiger partial charge is 0.251 e. The molecule has 0 aliphatic heterocycles. The lowest BCUT2D eigenvalue weighted by Crippen LogP contribution is -2.30. The van der Waals surface area contributed by atoms with Crippen molar-refractivity contribution < 1.29 is 9.90 Å². The highest BCUT2D eigenvalue weighted by atomic mass is 35.5. The van der Waals surface area contributed by atoms with E-state index in [1.165, 1.54) is 6.07 Å². The molecule has 0 radical (unpaired) electrons. The number of hydrogen-bond donors (Lipinski definition) is 2. The number of nitrogens with zero attached hydrogens (tertiary/aromatic N) is 1. The lowest BCUT2D eigenvalue weighted by Gasteiger charge is -2.07. The van der Waals surface area contributed by atoms with E-state index in [1.807, 2.05) is 0 Å². The van der Waals surface area contributed by atoms with Gasteiger partial charge in [-0.15, -0.1) is 0 Å². The van der Waals surface area contributed by atoms with E-state index < -0.39 is 6.10 Å². The van der Waals surface area contributed by atoms with Crippen molar-refractivity contribution in [2.24, 2.45) is 0 Å². The average Bonchev–Trinajstić information content (AvgIpc) is 2.12. The van der Waals surface area contributed by atoms with Gasteiger partial charge in [0.1, 0.15) is 5.15 Å². The number of aliphatic hydroxyl groups excluding tert-OH is 1. The van der Waals surface area contributed by atoms with E-state index in [2.05, 4.69) is 10.3 Å². The number of halogens is 1. The van der Waals surface area contributed by atoms with E-state index in [1.54, 1.807) is 19.9 Å². The van der Waals surface area contributed by atoms with Crippen LogP contribution in [0.1, 0.15) is 23.0 Å². The van der Waals surface area contributed by atoms with Crippen LogP contribution in [0.15, 0.2) is 12.1 Å². The highest BCUT2D eigenvalue weighted by Gasteiger charge is 2.08. The molecule has 1 heterocycles. The number of nitrogens with one attached hydrogen (secondary N) is 1. The molecule has 1 amide bonds. The average molecular weight is 229 g/mol. The monoisotopic (exact) mass is 228 g/mol. The maximum absolute atomic E-state index is 11.5. The first-order chi connectivity index (χ1) is 6.99. The number of aliphatic hydroxyl groups is 1. The molecule has 0 aliphatic rings. The van der Waals surface area contributed by atoms with Gasteiger partial charge in [0.05, 0.1) is 6.10 Å². The molecule has 1 aromatic heterocycles. The summed E-state index contributed by atoms with van der Waals surface area (Å²) in [5, 5.41) is 11.9. The Morgan fingerprint density at radius 3 is 2.87 bits per heavy atom. The molecule has 1 unspecified atom stereocenters. The maximum atomic E-state index is 11.5. The summed E-state index contributed by atoms with van der Waals surface area (Å²) in [6, 6.07) is 3.13.